The molecule has 1 N–H and O–H groups in total. The van der Waals surface area contributed by atoms with Gasteiger partial charge in [0.2, 0.25) is 0 Å². The smallest absolute Gasteiger partial charge is 0.414 e. The maximum Gasteiger partial charge on any atom is 0.414 e. The fraction of sp³-hybridized carbons (Fsp3) is 0.333. The first-order valence-electron chi connectivity index (χ1n) is 9.38. The lowest BCUT2D eigenvalue weighted by Gasteiger charge is -2.21. The normalized spacial score (nSPS) is 16.5. The number of hydrogen-bond acceptors (Lipinski definition) is 4. The van der Waals surface area contributed by atoms with Crippen molar-refractivity contribution in [3.05, 3.63) is 59.7 Å². The molecule has 27 heavy (non-hydrogen) atoms. The predicted octanol–water partition coefficient (Wildman–Crippen LogP) is 3.17. The van der Waals surface area contributed by atoms with Gasteiger partial charge in [0, 0.05) is 36.6 Å². The molecule has 2 aliphatic rings. The van der Waals surface area contributed by atoms with Crippen LogP contribution in [0.15, 0.2) is 48.5 Å². The highest BCUT2D eigenvalue weighted by molar-refractivity contribution is 5.95. The van der Waals surface area contributed by atoms with E-state index >= 15 is 0 Å². The fourth-order valence-corrected chi connectivity index (χ4v) is 3.63. The summed E-state index contributed by atoms with van der Waals surface area (Å²) in [5.74, 6) is -0.123. The number of anilines is 2. The molecule has 0 bridgehead atoms. The second-order valence-electron chi connectivity index (χ2n) is 6.82. The molecule has 140 valence electrons. The van der Waals surface area contributed by atoms with Crippen LogP contribution in [0.2, 0.25) is 0 Å². The van der Waals surface area contributed by atoms with Crippen molar-refractivity contribution in [3.63, 3.8) is 0 Å². The van der Waals surface area contributed by atoms with E-state index in [1.807, 2.05) is 12.1 Å². The molecule has 2 fully saturated rings. The largest absolute Gasteiger partial charge is 0.447 e. The van der Waals surface area contributed by atoms with Crippen LogP contribution < -0.4 is 15.1 Å². The number of rotatable bonds is 5. The Hall–Kier alpha value is -3.02. The topological polar surface area (TPSA) is 61.9 Å². The minimum absolute atomic E-state index is 0.123. The summed E-state index contributed by atoms with van der Waals surface area (Å²) in [5, 5.41) is 3.01. The third kappa shape index (κ3) is 3.74. The standard InChI is InChI=1S/C21H23N3O3/c25-20(16-7-9-18(10-8-16)24-13-14-27-21(24)26)22-15-17-5-1-2-6-19(17)23-11-3-4-12-23/h1-2,5-10H,3-4,11-15H2,(H,22,25). The molecule has 0 radical (unpaired) electrons. The molecule has 0 aliphatic carbocycles. The Morgan fingerprint density at radius 2 is 1.74 bits per heavy atom. The van der Waals surface area contributed by atoms with E-state index in [2.05, 4.69) is 22.3 Å². The van der Waals surface area contributed by atoms with Gasteiger partial charge in [-0.3, -0.25) is 9.69 Å². The summed E-state index contributed by atoms with van der Waals surface area (Å²) in [6, 6.07) is 15.3. The van der Waals surface area contributed by atoms with Gasteiger partial charge in [-0.1, -0.05) is 18.2 Å². The van der Waals surface area contributed by atoms with E-state index < -0.39 is 0 Å². The lowest BCUT2D eigenvalue weighted by atomic mass is 10.1. The van der Waals surface area contributed by atoms with Gasteiger partial charge in [-0.05, 0) is 48.7 Å². The maximum atomic E-state index is 12.5. The number of cyclic esters (lactones) is 1. The molecule has 0 saturated carbocycles. The van der Waals surface area contributed by atoms with Crippen molar-refractivity contribution in [1.29, 1.82) is 0 Å². The first-order chi connectivity index (χ1) is 13.2. The summed E-state index contributed by atoms with van der Waals surface area (Å²) in [6.45, 7) is 3.58. The van der Waals surface area contributed by atoms with Crippen LogP contribution in [0.1, 0.15) is 28.8 Å². The maximum absolute atomic E-state index is 12.5. The number of amides is 2. The van der Waals surface area contributed by atoms with Gasteiger partial charge in [-0.15, -0.1) is 0 Å². The number of para-hydroxylation sites is 1. The zero-order chi connectivity index (χ0) is 18.6. The van der Waals surface area contributed by atoms with E-state index in [4.69, 9.17) is 4.74 Å². The highest BCUT2D eigenvalue weighted by Gasteiger charge is 2.23. The van der Waals surface area contributed by atoms with Gasteiger partial charge < -0.3 is 15.0 Å². The van der Waals surface area contributed by atoms with Gasteiger partial charge >= 0.3 is 6.09 Å². The van der Waals surface area contributed by atoms with E-state index in [0.717, 1.165) is 24.3 Å². The quantitative estimate of drug-likeness (QED) is 0.884. The molecule has 0 unspecified atom stereocenters. The molecule has 4 rings (SSSR count). The number of nitrogens with one attached hydrogen (secondary N) is 1. The predicted molar refractivity (Wildman–Crippen MR) is 104 cm³/mol. The third-order valence-electron chi connectivity index (χ3n) is 5.08. The first kappa shape index (κ1) is 17.4. The van der Waals surface area contributed by atoms with E-state index in [-0.39, 0.29) is 12.0 Å². The Balaban J connectivity index is 1.40. The number of benzene rings is 2. The van der Waals surface area contributed by atoms with Crippen molar-refractivity contribution >= 4 is 23.4 Å². The molecule has 0 atom stereocenters. The summed E-state index contributed by atoms with van der Waals surface area (Å²) in [4.78, 5) is 28.1. The summed E-state index contributed by atoms with van der Waals surface area (Å²) in [7, 11) is 0. The zero-order valence-corrected chi connectivity index (χ0v) is 15.2. The Bertz CT molecular complexity index is 829. The number of carbonyl (C=O) groups excluding carboxylic acids is 2. The zero-order valence-electron chi connectivity index (χ0n) is 15.2. The highest BCUT2D eigenvalue weighted by Crippen LogP contribution is 2.24. The van der Waals surface area contributed by atoms with E-state index in [0.29, 0.717) is 25.3 Å². The van der Waals surface area contributed by atoms with Crippen LogP contribution in [-0.4, -0.2) is 38.2 Å². The first-order valence-corrected chi connectivity index (χ1v) is 9.38. The molecule has 6 nitrogen and oxygen atoms in total. The summed E-state index contributed by atoms with van der Waals surface area (Å²) in [5.41, 5.74) is 3.65. The van der Waals surface area contributed by atoms with E-state index in [1.165, 1.54) is 18.5 Å². The monoisotopic (exact) mass is 365 g/mol. The molecule has 2 aliphatic heterocycles. The third-order valence-corrected chi connectivity index (χ3v) is 5.08. The molecule has 0 aromatic heterocycles. The van der Waals surface area contributed by atoms with Crippen molar-refractivity contribution < 1.29 is 14.3 Å². The minimum Gasteiger partial charge on any atom is -0.447 e. The average molecular weight is 365 g/mol. The van der Waals surface area contributed by atoms with Crippen LogP contribution in [0.25, 0.3) is 0 Å². The van der Waals surface area contributed by atoms with Gasteiger partial charge in [-0.2, -0.15) is 0 Å². The summed E-state index contributed by atoms with van der Waals surface area (Å²) in [6.07, 6.45) is 2.10. The molecule has 0 spiro atoms. The van der Waals surface area contributed by atoms with E-state index in [1.54, 1.807) is 29.2 Å². The average Bonchev–Trinajstić information content (AvgIpc) is 3.38. The molecule has 2 aromatic carbocycles. The van der Waals surface area contributed by atoms with Gasteiger partial charge in [0.1, 0.15) is 6.61 Å². The number of hydrogen-bond donors (Lipinski definition) is 1. The summed E-state index contributed by atoms with van der Waals surface area (Å²) >= 11 is 0. The van der Waals surface area contributed by atoms with E-state index in [9.17, 15) is 9.59 Å². The lowest BCUT2D eigenvalue weighted by molar-refractivity contribution is 0.0951. The SMILES string of the molecule is O=C(NCc1ccccc1N1CCCC1)c1ccc(N2CCOC2=O)cc1. The van der Waals surface area contributed by atoms with Crippen LogP contribution in [0.4, 0.5) is 16.2 Å². The molecular weight excluding hydrogens is 342 g/mol. The van der Waals surface area contributed by atoms with Gasteiger partial charge in [0.15, 0.2) is 0 Å². The molecular formula is C21H23N3O3. The molecule has 2 amide bonds. The Morgan fingerprint density at radius 1 is 1.00 bits per heavy atom. The number of carbonyl (C=O) groups is 2. The van der Waals surface area contributed by atoms with Crippen LogP contribution in [-0.2, 0) is 11.3 Å². The van der Waals surface area contributed by atoms with Crippen molar-refractivity contribution in [2.24, 2.45) is 0 Å². The van der Waals surface area contributed by atoms with Crippen LogP contribution in [0.5, 0.6) is 0 Å². The van der Waals surface area contributed by atoms with Gasteiger partial charge in [0.25, 0.3) is 5.91 Å². The lowest BCUT2D eigenvalue weighted by Crippen LogP contribution is -2.26. The highest BCUT2D eigenvalue weighted by atomic mass is 16.6. The van der Waals surface area contributed by atoms with Crippen LogP contribution in [0, 0.1) is 0 Å². The minimum atomic E-state index is -0.342. The molecule has 2 heterocycles. The van der Waals surface area contributed by atoms with Crippen LogP contribution in [0.3, 0.4) is 0 Å². The van der Waals surface area contributed by atoms with Gasteiger partial charge in [0.05, 0.1) is 6.54 Å². The van der Waals surface area contributed by atoms with Crippen molar-refractivity contribution in [2.45, 2.75) is 19.4 Å². The Morgan fingerprint density at radius 3 is 2.44 bits per heavy atom. The van der Waals surface area contributed by atoms with Crippen LogP contribution >= 0.6 is 0 Å². The van der Waals surface area contributed by atoms with Crippen molar-refractivity contribution in [3.8, 4) is 0 Å². The molecule has 2 aromatic rings. The van der Waals surface area contributed by atoms with Crippen molar-refractivity contribution in [1.82, 2.24) is 5.32 Å². The van der Waals surface area contributed by atoms with Crippen molar-refractivity contribution in [2.75, 3.05) is 36.0 Å². The second kappa shape index (κ2) is 7.70. The summed E-state index contributed by atoms with van der Waals surface area (Å²) < 4.78 is 4.94. The Kier molecular flexibility index (Phi) is 4.96. The van der Waals surface area contributed by atoms with Gasteiger partial charge in [-0.25, -0.2) is 4.79 Å². The Labute approximate surface area is 158 Å². The number of ether oxygens (including phenoxy) is 1. The number of nitrogens with zero attached hydrogens (tertiary/aromatic N) is 2. The molecule has 6 heteroatoms. The fourth-order valence-electron chi connectivity index (χ4n) is 3.63. The molecule has 2 saturated heterocycles. The second-order valence-corrected chi connectivity index (χ2v) is 6.82.